The van der Waals surface area contributed by atoms with Crippen molar-refractivity contribution in [2.75, 3.05) is 13.1 Å². The number of benzene rings is 2. The van der Waals surface area contributed by atoms with Crippen molar-refractivity contribution in [3.8, 4) is 0 Å². The minimum atomic E-state index is -5.76. The topological polar surface area (TPSA) is 132 Å². The minimum absolute atomic E-state index is 0.113. The lowest BCUT2D eigenvalue weighted by Crippen LogP contribution is -2.57. The number of rotatable bonds is 6. The summed E-state index contributed by atoms with van der Waals surface area (Å²) in [5.74, 6) is -0.464. The van der Waals surface area contributed by atoms with Crippen molar-refractivity contribution in [2.45, 2.75) is 67.9 Å². The van der Waals surface area contributed by atoms with Crippen LogP contribution in [0.3, 0.4) is 0 Å². The standard InChI is InChI=1S/C33H33F2N4O6PS/c1-36-26-17-38(16-24(26)18-5-3-2-4-6-18)32(42)27-9-8-23-13-19-11-20(19)14-25(31(41)39(23)27)37-30(40)29-15-21-12-22(7-10-28(21)47-29)33(34,35)46(43,44)45/h2-7,10,12,15,19-20,23-27H,8-9,11,13-14,16-17H2,(H,37,40)(H2,43,44,45)/t19-,20+,23-,24+,25+,26-,27+/m1/s1. The van der Waals surface area contributed by atoms with E-state index in [4.69, 9.17) is 16.4 Å². The molecule has 1 aliphatic carbocycles. The summed E-state index contributed by atoms with van der Waals surface area (Å²) in [4.78, 5) is 67.4. The molecule has 47 heavy (non-hydrogen) atoms. The molecule has 14 heteroatoms. The molecule has 4 fully saturated rings. The number of thiophene rings is 1. The first-order valence-electron chi connectivity index (χ1n) is 15.7. The second-order valence-corrected chi connectivity index (χ2v) is 15.9. The number of fused-ring (bicyclic) bond motifs is 3. The van der Waals surface area contributed by atoms with Crippen LogP contribution in [0, 0.1) is 18.4 Å². The summed E-state index contributed by atoms with van der Waals surface area (Å²) in [5, 5.41) is 3.09. The van der Waals surface area contributed by atoms with Gasteiger partial charge in [0.25, 0.3) is 5.91 Å². The smallest absolute Gasteiger partial charge is 0.340 e. The number of carbonyl (C=O) groups excluding carboxylic acids is 3. The zero-order valence-corrected chi connectivity index (χ0v) is 26.9. The summed E-state index contributed by atoms with van der Waals surface area (Å²) < 4.78 is 40.5. The van der Waals surface area contributed by atoms with Crippen LogP contribution in [0.2, 0.25) is 0 Å². The molecule has 1 saturated carbocycles. The highest BCUT2D eigenvalue weighted by Gasteiger charge is 2.53. The molecule has 1 aromatic heterocycles. The zero-order valence-electron chi connectivity index (χ0n) is 25.2. The Morgan fingerprint density at radius 1 is 1.02 bits per heavy atom. The van der Waals surface area contributed by atoms with Crippen LogP contribution in [0.15, 0.2) is 54.6 Å². The van der Waals surface area contributed by atoms with E-state index in [-0.39, 0.29) is 46.0 Å². The van der Waals surface area contributed by atoms with E-state index in [9.17, 15) is 27.7 Å². The minimum Gasteiger partial charge on any atom is -0.340 e. The first kappa shape index (κ1) is 31.9. The molecule has 3 aliphatic heterocycles. The Kier molecular flexibility index (Phi) is 7.99. The molecule has 246 valence electrons. The van der Waals surface area contributed by atoms with E-state index in [0.717, 1.165) is 41.9 Å². The largest absolute Gasteiger partial charge is 0.399 e. The monoisotopic (exact) mass is 682 g/mol. The van der Waals surface area contributed by atoms with E-state index in [1.807, 2.05) is 30.3 Å². The van der Waals surface area contributed by atoms with Gasteiger partial charge in [0.15, 0.2) is 0 Å². The number of alkyl halides is 2. The third kappa shape index (κ3) is 5.75. The average molecular weight is 683 g/mol. The van der Waals surface area contributed by atoms with Crippen molar-refractivity contribution in [1.29, 1.82) is 0 Å². The maximum Gasteiger partial charge on any atom is 0.399 e. The molecule has 4 aliphatic rings. The van der Waals surface area contributed by atoms with Crippen molar-refractivity contribution in [1.82, 2.24) is 15.1 Å². The Bertz CT molecular complexity index is 1840. The quantitative estimate of drug-likeness (QED) is 0.250. The predicted octanol–water partition coefficient (Wildman–Crippen LogP) is 4.93. The van der Waals surface area contributed by atoms with E-state index in [1.165, 1.54) is 12.1 Å². The Balaban J connectivity index is 1.10. The molecule has 7 rings (SSSR count). The number of likely N-dealkylation sites (tertiary alicyclic amines) is 1. The molecule has 3 aromatic rings. The van der Waals surface area contributed by atoms with Gasteiger partial charge >= 0.3 is 13.3 Å². The van der Waals surface area contributed by atoms with Crippen LogP contribution in [-0.4, -0.2) is 74.6 Å². The predicted molar refractivity (Wildman–Crippen MR) is 170 cm³/mol. The van der Waals surface area contributed by atoms with Gasteiger partial charge in [-0.3, -0.25) is 18.9 Å². The van der Waals surface area contributed by atoms with E-state index < -0.39 is 36.8 Å². The fourth-order valence-electron chi connectivity index (χ4n) is 7.71. The van der Waals surface area contributed by atoms with Gasteiger partial charge in [-0.2, -0.15) is 8.78 Å². The van der Waals surface area contributed by atoms with Gasteiger partial charge in [-0.1, -0.05) is 36.4 Å². The molecule has 2 aromatic carbocycles. The van der Waals surface area contributed by atoms with Gasteiger partial charge in [0.1, 0.15) is 12.1 Å². The second-order valence-electron chi connectivity index (χ2n) is 13.2. The highest BCUT2D eigenvalue weighted by molar-refractivity contribution is 7.52. The van der Waals surface area contributed by atoms with Crippen molar-refractivity contribution in [2.24, 2.45) is 11.8 Å². The Morgan fingerprint density at radius 3 is 2.49 bits per heavy atom. The molecule has 4 heterocycles. The molecule has 10 nitrogen and oxygen atoms in total. The summed E-state index contributed by atoms with van der Waals surface area (Å²) in [7, 11) is -5.76. The summed E-state index contributed by atoms with van der Waals surface area (Å²) in [5.41, 5.74) is -4.23. The van der Waals surface area contributed by atoms with Crippen LogP contribution >= 0.6 is 18.9 Å². The van der Waals surface area contributed by atoms with Crippen LogP contribution in [0.1, 0.15) is 58.8 Å². The number of amides is 3. The van der Waals surface area contributed by atoms with Crippen LogP contribution < -0.4 is 5.32 Å². The molecule has 0 bridgehead atoms. The summed E-state index contributed by atoms with van der Waals surface area (Å²) in [6.45, 7) is 8.45. The lowest BCUT2D eigenvalue weighted by Gasteiger charge is -2.36. The van der Waals surface area contributed by atoms with Crippen LogP contribution in [-0.2, 0) is 19.8 Å². The maximum absolute atomic E-state index is 14.3. The number of carbonyl (C=O) groups is 3. The van der Waals surface area contributed by atoms with Crippen molar-refractivity contribution >= 4 is 46.7 Å². The number of hydrogen-bond acceptors (Lipinski definition) is 5. The van der Waals surface area contributed by atoms with Crippen LogP contribution in [0.5, 0.6) is 0 Å². The van der Waals surface area contributed by atoms with Gasteiger partial charge in [-0.05, 0) is 73.1 Å². The third-order valence-electron chi connectivity index (χ3n) is 10.3. The van der Waals surface area contributed by atoms with Crippen molar-refractivity contribution in [3.63, 3.8) is 0 Å². The maximum atomic E-state index is 14.3. The fourth-order valence-corrected chi connectivity index (χ4v) is 9.13. The van der Waals surface area contributed by atoms with Gasteiger partial charge in [-0.15, -0.1) is 11.3 Å². The lowest BCUT2D eigenvalue weighted by molar-refractivity contribution is -0.146. The fraction of sp³-hybridized carbons (Fsp3) is 0.455. The molecule has 0 unspecified atom stereocenters. The Hall–Kier alpha value is -3.69. The van der Waals surface area contributed by atoms with Gasteiger partial charge in [0, 0.05) is 22.8 Å². The molecule has 0 spiro atoms. The van der Waals surface area contributed by atoms with Crippen molar-refractivity contribution < 1.29 is 37.5 Å². The zero-order chi connectivity index (χ0) is 33.2. The molecular formula is C33H33F2N4O6PS. The van der Waals surface area contributed by atoms with E-state index in [0.29, 0.717) is 43.0 Å². The number of nitrogens with one attached hydrogen (secondary N) is 1. The second kappa shape index (κ2) is 11.8. The normalized spacial score (nSPS) is 29.1. The number of hydrogen-bond donors (Lipinski definition) is 3. The van der Waals surface area contributed by atoms with E-state index >= 15 is 0 Å². The SMILES string of the molecule is [C-]#[N+][C@@H]1CN(C(=O)[C@@H]2CC[C@@H]3C[C@H]4C[C@H]4C[C@H](NC(=O)c4cc5cc(C(F)(F)P(=O)(O)O)ccc5s4)C(=O)N32)C[C@H]1c1ccccc1. The van der Waals surface area contributed by atoms with E-state index in [1.54, 1.807) is 9.80 Å². The Morgan fingerprint density at radius 2 is 1.77 bits per heavy atom. The van der Waals surface area contributed by atoms with Crippen LogP contribution in [0.4, 0.5) is 8.78 Å². The van der Waals surface area contributed by atoms with Gasteiger partial charge in [0.2, 0.25) is 17.9 Å². The Labute approximate surface area is 273 Å². The molecule has 3 saturated heterocycles. The summed E-state index contributed by atoms with van der Waals surface area (Å²) in [6.07, 6.45) is 3.39. The molecular weight excluding hydrogens is 649 g/mol. The van der Waals surface area contributed by atoms with Crippen LogP contribution in [0.25, 0.3) is 14.9 Å². The summed E-state index contributed by atoms with van der Waals surface area (Å²) >= 11 is 1.02. The highest BCUT2D eigenvalue weighted by Crippen LogP contribution is 2.59. The molecule has 0 radical (unpaired) electrons. The molecule has 7 atom stereocenters. The van der Waals surface area contributed by atoms with Gasteiger partial charge in [-0.25, -0.2) is 6.57 Å². The van der Waals surface area contributed by atoms with Gasteiger partial charge in [0.05, 0.1) is 17.3 Å². The van der Waals surface area contributed by atoms with Crippen molar-refractivity contribution in [3.05, 3.63) is 82.0 Å². The van der Waals surface area contributed by atoms with E-state index in [2.05, 4.69) is 10.2 Å². The summed E-state index contributed by atoms with van der Waals surface area (Å²) in [6, 6.07) is 12.2. The first-order chi connectivity index (χ1) is 22.4. The first-order valence-corrected chi connectivity index (χ1v) is 18.1. The van der Waals surface area contributed by atoms with Gasteiger partial charge < -0.3 is 29.7 Å². The molecule has 3 amide bonds. The third-order valence-corrected chi connectivity index (χ3v) is 12.4. The number of halogens is 2. The molecule has 3 N–H and O–H groups in total. The highest BCUT2D eigenvalue weighted by atomic mass is 32.1. The average Bonchev–Trinajstić information content (AvgIpc) is 3.39. The lowest BCUT2D eigenvalue weighted by atomic mass is 9.95. The number of nitrogens with zero attached hydrogens (tertiary/aromatic N) is 3.